The number of hydrogen-bond acceptors (Lipinski definition) is 1. The monoisotopic (exact) mass is 282 g/mol. The van der Waals surface area contributed by atoms with E-state index in [9.17, 15) is 9.18 Å². The summed E-state index contributed by atoms with van der Waals surface area (Å²) >= 11 is 0. The molecule has 0 aliphatic carbocycles. The van der Waals surface area contributed by atoms with Crippen LogP contribution >= 0.6 is 0 Å². The molecule has 0 saturated carbocycles. The zero-order valence-corrected chi connectivity index (χ0v) is 11.4. The lowest BCUT2D eigenvalue weighted by Crippen LogP contribution is -2.24. The minimum atomic E-state index is -0.322. The van der Waals surface area contributed by atoms with Crippen LogP contribution in [0.4, 0.5) is 4.39 Å². The fourth-order valence-corrected chi connectivity index (χ4v) is 2.37. The number of aromatic nitrogens is 1. The van der Waals surface area contributed by atoms with Gasteiger partial charge in [0.05, 0.1) is 6.42 Å². The van der Waals surface area contributed by atoms with E-state index in [0.29, 0.717) is 12.1 Å². The normalized spacial score (nSPS) is 10.7. The lowest BCUT2D eigenvalue weighted by atomic mass is 10.1. The van der Waals surface area contributed by atoms with Crippen molar-refractivity contribution >= 4 is 16.8 Å². The molecule has 0 spiro atoms. The summed E-state index contributed by atoms with van der Waals surface area (Å²) in [6.07, 6.45) is 2.08. The summed E-state index contributed by atoms with van der Waals surface area (Å²) in [7, 11) is 0. The Bertz CT molecular complexity index is 779. The third kappa shape index (κ3) is 3.11. The SMILES string of the molecule is O=C(Cc1cccc(F)c1)NCc1c[nH]c2ccccc12. The fraction of sp³-hybridized carbons (Fsp3) is 0.118. The van der Waals surface area contributed by atoms with E-state index in [4.69, 9.17) is 0 Å². The minimum absolute atomic E-state index is 0.120. The molecule has 0 fully saturated rings. The highest BCUT2D eigenvalue weighted by molar-refractivity contribution is 5.84. The minimum Gasteiger partial charge on any atom is -0.361 e. The second-order valence-corrected chi connectivity index (χ2v) is 4.94. The molecule has 0 bridgehead atoms. The van der Waals surface area contributed by atoms with E-state index in [1.807, 2.05) is 30.5 Å². The van der Waals surface area contributed by atoms with Crippen molar-refractivity contribution in [3.05, 3.63) is 71.7 Å². The van der Waals surface area contributed by atoms with Gasteiger partial charge in [0.25, 0.3) is 0 Å². The van der Waals surface area contributed by atoms with Crippen molar-refractivity contribution in [2.45, 2.75) is 13.0 Å². The average molecular weight is 282 g/mol. The van der Waals surface area contributed by atoms with E-state index in [0.717, 1.165) is 16.5 Å². The molecule has 2 aromatic carbocycles. The van der Waals surface area contributed by atoms with E-state index >= 15 is 0 Å². The number of hydrogen-bond donors (Lipinski definition) is 2. The van der Waals surface area contributed by atoms with Crippen molar-refractivity contribution < 1.29 is 9.18 Å². The molecule has 0 unspecified atom stereocenters. The summed E-state index contributed by atoms with van der Waals surface area (Å²) in [5, 5.41) is 3.96. The molecule has 0 aliphatic rings. The van der Waals surface area contributed by atoms with Crippen molar-refractivity contribution in [3.63, 3.8) is 0 Å². The van der Waals surface area contributed by atoms with E-state index in [1.54, 1.807) is 12.1 Å². The number of halogens is 1. The molecule has 0 atom stereocenters. The predicted octanol–water partition coefficient (Wildman–Crippen LogP) is 3.17. The van der Waals surface area contributed by atoms with Gasteiger partial charge in [-0.25, -0.2) is 4.39 Å². The van der Waals surface area contributed by atoms with Gasteiger partial charge in [0.2, 0.25) is 5.91 Å². The first-order chi connectivity index (χ1) is 10.2. The molecule has 4 heteroatoms. The van der Waals surface area contributed by atoms with Gasteiger partial charge in [0.1, 0.15) is 5.82 Å². The van der Waals surface area contributed by atoms with Crippen molar-refractivity contribution in [1.82, 2.24) is 10.3 Å². The van der Waals surface area contributed by atoms with Gasteiger partial charge in [-0.3, -0.25) is 4.79 Å². The average Bonchev–Trinajstić information content (AvgIpc) is 2.88. The summed E-state index contributed by atoms with van der Waals surface area (Å²) in [5.41, 5.74) is 2.76. The van der Waals surface area contributed by atoms with Crippen LogP contribution in [0.1, 0.15) is 11.1 Å². The molecule has 106 valence electrons. The van der Waals surface area contributed by atoms with Gasteiger partial charge in [-0.1, -0.05) is 30.3 Å². The van der Waals surface area contributed by atoms with E-state index in [1.165, 1.54) is 12.1 Å². The lowest BCUT2D eigenvalue weighted by Gasteiger charge is -2.05. The van der Waals surface area contributed by atoms with Gasteiger partial charge in [0.15, 0.2) is 0 Å². The molecule has 3 nitrogen and oxygen atoms in total. The Morgan fingerprint density at radius 2 is 2.00 bits per heavy atom. The van der Waals surface area contributed by atoms with Crippen LogP contribution in [-0.2, 0) is 17.8 Å². The highest BCUT2D eigenvalue weighted by Crippen LogP contribution is 2.17. The van der Waals surface area contributed by atoms with Gasteiger partial charge in [-0.15, -0.1) is 0 Å². The molecule has 0 aliphatic heterocycles. The van der Waals surface area contributed by atoms with Gasteiger partial charge >= 0.3 is 0 Å². The highest BCUT2D eigenvalue weighted by Gasteiger charge is 2.07. The van der Waals surface area contributed by atoms with Crippen LogP contribution in [-0.4, -0.2) is 10.9 Å². The predicted molar refractivity (Wildman–Crippen MR) is 80.2 cm³/mol. The number of aromatic amines is 1. The molecule has 21 heavy (non-hydrogen) atoms. The molecule has 1 aromatic heterocycles. The Morgan fingerprint density at radius 3 is 2.86 bits per heavy atom. The van der Waals surface area contributed by atoms with E-state index < -0.39 is 0 Å². The fourth-order valence-electron chi connectivity index (χ4n) is 2.37. The maximum absolute atomic E-state index is 13.1. The van der Waals surface area contributed by atoms with Crippen LogP contribution in [0.3, 0.4) is 0 Å². The summed E-state index contributed by atoms with van der Waals surface area (Å²) < 4.78 is 13.1. The molecular formula is C17H15FN2O. The van der Waals surface area contributed by atoms with Crippen molar-refractivity contribution in [2.24, 2.45) is 0 Å². The molecule has 1 heterocycles. The second-order valence-electron chi connectivity index (χ2n) is 4.94. The Hall–Kier alpha value is -2.62. The third-order valence-electron chi connectivity index (χ3n) is 3.40. The number of rotatable bonds is 4. The highest BCUT2D eigenvalue weighted by atomic mass is 19.1. The maximum atomic E-state index is 13.1. The standard InChI is InChI=1S/C17H15FN2O/c18-14-5-3-4-12(8-14)9-17(21)20-11-13-10-19-16-7-2-1-6-15(13)16/h1-8,10,19H,9,11H2,(H,20,21). The summed E-state index contributed by atoms with van der Waals surface area (Å²) in [4.78, 5) is 15.1. The number of amides is 1. The number of fused-ring (bicyclic) bond motifs is 1. The van der Waals surface area contributed by atoms with Crippen LogP contribution < -0.4 is 5.32 Å². The van der Waals surface area contributed by atoms with Crippen LogP contribution in [0.25, 0.3) is 10.9 Å². The number of para-hydroxylation sites is 1. The third-order valence-corrected chi connectivity index (χ3v) is 3.40. The van der Waals surface area contributed by atoms with E-state index in [-0.39, 0.29) is 18.1 Å². The van der Waals surface area contributed by atoms with Gasteiger partial charge in [0, 0.05) is 23.6 Å². The quantitative estimate of drug-likeness (QED) is 0.758. The van der Waals surface area contributed by atoms with Gasteiger partial charge in [-0.2, -0.15) is 0 Å². The van der Waals surface area contributed by atoms with Gasteiger partial charge in [-0.05, 0) is 29.3 Å². The largest absolute Gasteiger partial charge is 0.361 e. The van der Waals surface area contributed by atoms with Crippen LogP contribution in [0, 0.1) is 5.82 Å². The maximum Gasteiger partial charge on any atom is 0.224 e. The first kappa shape index (κ1) is 13.4. The van der Waals surface area contributed by atoms with E-state index in [2.05, 4.69) is 10.3 Å². The molecule has 1 amide bonds. The number of benzene rings is 2. The first-order valence-corrected chi connectivity index (χ1v) is 6.78. The molecule has 3 rings (SSSR count). The van der Waals surface area contributed by atoms with Crippen LogP contribution in [0.15, 0.2) is 54.7 Å². The van der Waals surface area contributed by atoms with Crippen LogP contribution in [0.5, 0.6) is 0 Å². The Kier molecular flexibility index (Phi) is 3.69. The summed E-state index contributed by atoms with van der Waals surface area (Å²) in [5.74, 6) is -0.442. The summed E-state index contributed by atoms with van der Waals surface area (Å²) in [6.45, 7) is 0.457. The zero-order chi connectivity index (χ0) is 14.7. The number of nitrogens with one attached hydrogen (secondary N) is 2. The van der Waals surface area contributed by atoms with Crippen molar-refractivity contribution in [3.8, 4) is 0 Å². The molecule has 0 radical (unpaired) electrons. The van der Waals surface area contributed by atoms with Crippen LogP contribution in [0.2, 0.25) is 0 Å². The topological polar surface area (TPSA) is 44.9 Å². The zero-order valence-electron chi connectivity index (χ0n) is 11.4. The van der Waals surface area contributed by atoms with Crippen molar-refractivity contribution in [2.75, 3.05) is 0 Å². The Balaban J connectivity index is 1.63. The Labute approximate surface area is 121 Å². The molecule has 3 aromatic rings. The van der Waals surface area contributed by atoms with Crippen molar-refractivity contribution in [1.29, 1.82) is 0 Å². The number of H-pyrrole nitrogens is 1. The first-order valence-electron chi connectivity index (χ1n) is 6.78. The van der Waals surface area contributed by atoms with Gasteiger partial charge < -0.3 is 10.3 Å². The lowest BCUT2D eigenvalue weighted by molar-refractivity contribution is -0.120. The molecule has 0 saturated heterocycles. The smallest absolute Gasteiger partial charge is 0.224 e. The Morgan fingerprint density at radius 1 is 1.14 bits per heavy atom. The number of carbonyl (C=O) groups excluding carboxylic acids is 1. The summed E-state index contributed by atoms with van der Waals surface area (Å²) in [6, 6.07) is 14.0. The second kappa shape index (κ2) is 5.79. The number of carbonyl (C=O) groups is 1. The molecular weight excluding hydrogens is 267 g/mol. The molecule has 2 N–H and O–H groups in total.